The first-order valence-electron chi connectivity index (χ1n) is 10.6. The predicted octanol–water partition coefficient (Wildman–Crippen LogP) is 5.82. The van der Waals surface area contributed by atoms with Crippen LogP contribution >= 0.6 is 0 Å². The molecule has 0 radical (unpaired) electrons. The highest BCUT2D eigenvalue weighted by atomic mass is 19.1. The number of rotatable bonds is 3. The van der Waals surface area contributed by atoms with Crippen molar-refractivity contribution < 1.29 is 18.7 Å². The van der Waals surface area contributed by atoms with E-state index >= 15 is 0 Å². The summed E-state index contributed by atoms with van der Waals surface area (Å²) in [6.07, 6.45) is 2.57. The Bertz CT molecular complexity index is 1090. The molecule has 1 saturated heterocycles. The van der Waals surface area contributed by atoms with Gasteiger partial charge in [-0.2, -0.15) is 0 Å². The van der Waals surface area contributed by atoms with Gasteiger partial charge in [0, 0.05) is 43.1 Å². The monoisotopic (exact) mass is 422 g/mol. The summed E-state index contributed by atoms with van der Waals surface area (Å²) in [5.74, 6) is -0.173. The first kappa shape index (κ1) is 21.1. The molecule has 6 heteroatoms. The Morgan fingerprint density at radius 2 is 1.81 bits per heavy atom. The molecule has 2 heterocycles. The van der Waals surface area contributed by atoms with Crippen LogP contribution in [0.25, 0.3) is 22.0 Å². The minimum absolute atomic E-state index is 0.138. The number of carbonyl (C=O) groups excluding carboxylic acids is 1. The number of amides is 1. The lowest BCUT2D eigenvalue weighted by Crippen LogP contribution is -2.44. The molecule has 31 heavy (non-hydrogen) atoms. The zero-order valence-corrected chi connectivity index (χ0v) is 18.1. The lowest BCUT2D eigenvalue weighted by atomic mass is 10.0. The van der Waals surface area contributed by atoms with Crippen LogP contribution in [0.1, 0.15) is 33.6 Å². The van der Waals surface area contributed by atoms with Crippen LogP contribution in [-0.4, -0.2) is 40.8 Å². The predicted molar refractivity (Wildman–Crippen MR) is 119 cm³/mol. The number of nitrogens with zero attached hydrogens (tertiary/aromatic N) is 2. The molecule has 0 N–H and O–H groups in total. The summed E-state index contributed by atoms with van der Waals surface area (Å²) >= 11 is 0. The Morgan fingerprint density at radius 1 is 1.06 bits per heavy atom. The van der Waals surface area contributed by atoms with Gasteiger partial charge in [0.15, 0.2) is 11.6 Å². The summed E-state index contributed by atoms with van der Waals surface area (Å²) in [6, 6.07) is 14.8. The second-order valence-corrected chi connectivity index (χ2v) is 8.85. The molecule has 4 rings (SSSR count). The van der Waals surface area contributed by atoms with Gasteiger partial charge in [-0.15, -0.1) is 0 Å². The molecule has 162 valence electrons. The van der Waals surface area contributed by atoms with E-state index < -0.39 is 11.4 Å². The third kappa shape index (κ3) is 5.13. The average molecular weight is 423 g/mol. The summed E-state index contributed by atoms with van der Waals surface area (Å²) in [5, 5.41) is 1.01. The molecule has 0 spiro atoms. The highest BCUT2D eigenvalue weighted by Gasteiger charge is 2.28. The highest BCUT2D eigenvalue weighted by molar-refractivity contribution is 5.83. The molecule has 0 bridgehead atoms. The van der Waals surface area contributed by atoms with Crippen molar-refractivity contribution in [3.63, 3.8) is 0 Å². The maximum Gasteiger partial charge on any atom is 0.410 e. The molecular weight excluding hydrogens is 395 g/mol. The van der Waals surface area contributed by atoms with E-state index in [4.69, 9.17) is 9.47 Å². The molecule has 1 aliphatic rings. The summed E-state index contributed by atoms with van der Waals surface area (Å²) in [6.45, 7) is 6.60. The number of aromatic nitrogens is 1. The summed E-state index contributed by atoms with van der Waals surface area (Å²) < 4.78 is 26.1. The Labute approximate surface area is 181 Å². The molecule has 0 saturated carbocycles. The van der Waals surface area contributed by atoms with Gasteiger partial charge < -0.3 is 14.4 Å². The van der Waals surface area contributed by atoms with E-state index in [9.17, 15) is 9.18 Å². The maximum atomic E-state index is 14.8. The number of halogens is 1. The standard InChI is InChI=1S/C25H27FN2O3/c1-25(2,3)31-24(29)28-12-10-20(11-13-28)30-23-9-8-17(15-21(23)26)19-14-18-6-4-5-7-22(18)27-16-19/h4-9,14-16,20H,10-13H2,1-3H3. The van der Waals surface area contributed by atoms with Crippen molar-refractivity contribution in [2.75, 3.05) is 13.1 Å². The second kappa shape index (κ2) is 8.53. The third-order valence-electron chi connectivity index (χ3n) is 5.24. The first-order chi connectivity index (χ1) is 14.8. The molecule has 0 atom stereocenters. The fourth-order valence-electron chi connectivity index (χ4n) is 3.67. The Morgan fingerprint density at radius 3 is 2.52 bits per heavy atom. The van der Waals surface area contributed by atoms with Crippen LogP contribution in [0, 0.1) is 5.82 Å². The largest absolute Gasteiger partial charge is 0.487 e. The number of ether oxygens (including phenoxy) is 2. The van der Waals surface area contributed by atoms with Crippen LogP contribution in [0.3, 0.4) is 0 Å². The fourth-order valence-corrected chi connectivity index (χ4v) is 3.67. The SMILES string of the molecule is CC(C)(C)OC(=O)N1CCC(Oc2ccc(-c3cnc4ccccc4c3)cc2F)CC1. The van der Waals surface area contributed by atoms with Gasteiger partial charge in [0.05, 0.1) is 5.52 Å². The van der Waals surface area contributed by atoms with Gasteiger partial charge in [0.25, 0.3) is 0 Å². The van der Waals surface area contributed by atoms with E-state index in [1.165, 1.54) is 6.07 Å². The van der Waals surface area contributed by atoms with Gasteiger partial charge in [0.1, 0.15) is 11.7 Å². The molecule has 1 amide bonds. The van der Waals surface area contributed by atoms with Crippen LogP contribution < -0.4 is 4.74 Å². The van der Waals surface area contributed by atoms with Crippen LogP contribution in [-0.2, 0) is 4.74 Å². The number of hydrogen-bond donors (Lipinski definition) is 0. The zero-order valence-electron chi connectivity index (χ0n) is 18.1. The molecule has 0 aliphatic carbocycles. The number of carbonyl (C=O) groups is 1. The van der Waals surface area contributed by atoms with Crippen molar-refractivity contribution in [3.8, 4) is 16.9 Å². The minimum Gasteiger partial charge on any atom is -0.487 e. The fraction of sp³-hybridized carbons (Fsp3) is 0.360. The van der Waals surface area contributed by atoms with Crippen LogP contribution in [0.2, 0.25) is 0 Å². The average Bonchev–Trinajstić information content (AvgIpc) is 2.74. The van der Waals surface area contributed by atoms with Gasteiger partial charge in [0.2, 0.25) is 0 Å². The van der Waals surface area contributed by atoms with Gasteiger partial charge >= 0.3 is 6.09 Å². The van der Waals surface area contributed by atoms with Crippen LogP contribution in [0.15, 0.2) is 54.7 Å². The maximum absolute atomic E-state index is 14.8. The smallest absolute Gasteiger partial charge is 0.410 e. The summed E-state index contributed by atoms with van der Waals surface area (Å²) in [5.41, 5.74) is 2.00. The Balaban J connectivity index is 1.39. The zero-order chi connectivity index (χ0) is 22.0. The van der Waals surface area contributed by atoms with Gasteiger partial charge in [-0.05, 0) is 50.6 Å². The third-order valence-corrected chi connectivity index (χ3v) is 5.24. The first-order valence-corrected chi connectivity index (χ1v) is 10.6. The summed E-state index contributed by atoms with van der Waals surface area (Å²) in [7, 11) is 0. The van der Waals surface area contributed by atoms with E-state index in [2.05, 4.69) is 4.98 Å². The quantitative estimate of drug-likeness (QED) is 0.534. The van der Waals surface area contributed by atoms with Crippen LogP contribution in [0.4, 0.5) is 9.18 Å². The molecular formula is C25H27FN2O3. The summed E-state index contributed by atoms with van der Waals surface area (Å²) in [4.78, 5) is 18.3. The molecule has 5 nitrogen and oxygen atoms in total. The number of para-hydroxylation sites is 1. The van der Waals surface area contributed by atoms with Crippen molar-refractivity contribution in [1.29, 1.82) is 0 Å². The van der Waals surface area contributed by atoms with E-state index in [1.54, 1.807) is 17.2 Å². The number of piperidine rings is 1. The Kier molecular flexibility index (Phi) is 5.81. The number of benzene rings is 2. The van der Waals surface area contributed by atoms with Crippen molar-refractivity contribution in [3.05, 3.63) is 60.5 Å². The van der Waals surface area contributed by atoms with Crippen molar-refractivity contribution in [2.45, 2.75) is 45.3 Å². The Hall–Kier alpha value is -3.15. The molecule has 2 aromatic carbocycles. The highest BCUT2D eigenvalue weighted by Crippen LogP contribution is 2.29. The number of hydrogen-bond acceptors (Lipinski definition) is 4. The second-order valence-electron chi connectivity index (χ2n) is 8.85. The van der Waals surface area contributed by atoms with Gasteiger partial charge in [-0.1, -0.05) is 24.3 Å². The molecule has 1 fully saturated rings. The van der Waals surface area contributed by atoms with Crippen molar-refractivity contribution in [2.24, 2.45) is 0 Å². The normalized spacial score (nSPS) is 15.2. The minimum atomic E-state index is -0.518. The topological polar surface area (TPSA) is 51.7 Å². The molecule has 1 aliphatic heterocycles. The van der Waals surface area contributed by atoms with Crippen LogP contribution in [0.5, 0.6) is 5.75 Å². The van der Waals surface area contributed by atoms with Gasteiger partial charge in [-0.25, -0.2) is 9.18 Å². The lowest BCUT2D eigenvalue weighted by molar-refractivity contribution is 0.0123. The molecule has 0 unspecified atom stereocenters. The van der Waals surface area contributed by atoms with Crippen molar-refractivity contribution in [1.82, 2.24) is 9.88 Å². The molecule has 1 aromatic heterocycles. The molecule has 3 aromatic rings. The van der Waals surface area contributed by atoms with E-state index in [0.29, 0.717) is 25.9 Å². The van der Waals surface area contributed by atoms with E-state index in [0.717, 1.165) is 22.0 Å². The van der Waals surface area contributed by atoms with Gasteiger partial charge in [-0.3, -0.25) is 4.98 Å². The number of pyridine rings is 1. The van der Waals surface area contributed by atoms with Crippen molar-refractivity contribution >= 4 is 17.0 Å². The van der Waals surface area contributed by atoms with E-state index in [1.807, 2.05) is 57.2 Å². The number of fused-ring (bicyclic) bond motifs is 1. The van der Waals surface area contributed by atoms with E-state index in [-0.39, 0.29) is 17.9 Å². The number of likely N-dealkylation sites (tertiary alicyclic amines) is 1. The lowest BCUT2D eigenvalue weighted by Gasteiger charge is -2.33.